The van der Waals surface area contributed by atoms with E-state index in [1.165, 1.54) is 16.7 Å². The molecule has 5 nitrogen and oxygen atoms in total. The van der Waals surface area contributed by atoms with Gasteiger partial charge in [0.25, 0.3) is 0 Å². The lowest BCUT2D eigenvalue weighted by Crippen LogP contribution is -2.50. The molecule has 0 aliphatic carbocycles. The Morgan fingerprint density at radius 3 is 2.85 bits per heavy atom. The maximum atomic E-state index is 12.6. The first-order valence-corrected chi connectivity index (χ1v) is 8.41. The highest BCUT2D eigenvalue weighted by molar-refractivity contribution is 8.00. The Labute approximate surface area is 126 Å². The van der Waals surface area contributed by atoms with Crippen LogP contribution in [-0.4, -0.2) is 50.6 Å². The number of thiophene rings is 1. The van der Waals surface area contributed by atoms with Crippen LogP contribution in [0, 0.1) is 0 Å². The highest BCUT2D eigenvalue weighted by Crippen LogP contribution is 2.30. The largest absolute Gasteiger partial charge is 0.480 e. The van der Waals surface area contributed by atoms with Gasteiger partial charge in [0.2, 0.25) is 0 Å². The third-order valence-corrected chi connectivity index (χ3v) is 5.39. The first-order valence-electron chi connectivity index (χ1n) is 6.48. The number of hydrogen-bond donors (Lipinski definition) is 1. The topological polar surface area (TPSA) is 60.9 Å². The van der Waals surface area contributed by atoms with E-state index < -0.39 is 12.0 Å². The molecule has 7 heteroatoms. The second-order valence-corrected chi connectivity index (χ2v) is 6.95. The van der Waals surface area contributed by atoms with Gasteiger partial charge >= 0.3 is 12.0 Å². The van der Waals surface area contributed by atoms with E-state index in [0.717, 1.165) is 4.88 Å². The van der Waals surface area contributed by atoms with Gasteiger partial charge in [-0.3, -0.25) is 4.90 Å². The van der Waals surface area contributed by atoms with E-state index in [4.69, 9.17) is 0 Å². The minimum absolute atomic E-state index is 0.0963. The molecule has 1 aromatic rings. The zero-order valence-corrected chi connectivity index (χ0v) is 13.1. The van der Waals surface area contributed by atoms with Crippen molar-refractivity contribution in [2.45, 2.75) is 31.8 Å². The summed E-state index contributed by atoms with van der Waals surface area (Å²) in [5, 5.41) is 11.1. The van der Waals surface area contributed by atoms with Gasteiger partial charge in [0.1, 0.15) is 6.04 Å². The summed E-state index contributed by atoms with van der Waals surface area (Å²) >= 11 is 3.11. The van der Waals surface area contributed by atoms with Crippen LogP contribution in [-0.2, 0) is 11.3 Å². The molecule has 2 rings (SSSR count). The van der Waals surface area contributed by atoms with Crippen molar-refractivity contribution in [2.24, 2.45) is 0 Å². The Hall–Kier alpha value is -1.21. The molecule has 1 aliphatic rings. The van der Waals surface area contributed by atoms with Crippen LogP contribution in [0.3, 0.4) is 0 Å². The standard InChI is InChI=1S/C13H18N2O3S2/c1-3-14(7-10-5-4-6-19-10)13(18)15-9(2)20-8-11(15)12(16)17/h4-6,9,11H,3,7-8H2,1-2H3,(H,16,17). The fourth-order valence-corrected chi connectivity index (χ4v) is 4.07. The summed E-state index contributed by atoms with van der Waals surface area (Å²) in [6.45, 7) is 4.89. The Morgan fingerprint density at radius 1 is 1.55 bits per heavy atom. The number of nitrogens with zero attached hydrogens (tertiary/aromatic N) is 2. The van der Waals surface area contributed by atoms with E-state index in [9.17, 15) is 14.7 Å². The van der Waals surface area contributed by atoms with E-state index in [1.807, 2.05) is 31.4 Å². The zero-order valence-electron chi connectivity index (χ0n) is 11.5. The lowest BCUT2D eigenvalue weighted by atomic mass is 10.3. The number of rotatable bonds is 4. The van der Waals surface area contributed by atoms with Crippen LogP contribution in [0.25, 0.3) is 0 Å². The number of carboxylic acids is 1. The minimum Gasteiger partial charge on any atom is -0.480 e. The molecule has 1 saturated heterocycles. The SMILES string of the molecule is CCN(Cc1cccs1)C(=O)N1C(C)SCC1C(=O)O. The van der Waals surface area contributed by atoms with Gasteiger partial charge in [0, 0.05) is 17.2 Å². The van der Waals surface area contributed by atoms with Crippen molar-refractivity contribution in [2.75, 3.05) is 12.3 Å². The molecule has 0 bridgehead atoms. The number of carbonyl (C=O) groups excluding carboxylic acids is 1. The second-order valence-electron chi connectivity index (χ2n) is 4.57. The molecule has 110 valence electrons. The van der Waals surface area contributed by atoms with E-state index in [2.05, 4.69) is 0 Å². The summed E-state index contributed by atoms with van der Waals surface area (Å²) in [5.41, 5.74) is 0. The van der Waals surface area contributed by atoms with Crippen molar-refractivity contribution in [1.29, 1.82) is 0 Å². The minimum atomic E-state index is -0.928. The maximum Gasteiger partial charge on any atom is 0.327 e. The molecule has 0 radical (unpaired) electrons. The van der Waals surface area contributed by atoms with Gasteiger partial charge < -0.3 is 10.0 Å². The normalized spacial score (nSPS) is 22.0. The van der Waals surface area contributed by atoms with Crippen LogP contribution in [0.5, 0.6) is 0 Å². The van der Waals surface area contributed by atoms with E-state index in [0.29, 0.717) is 18.8 Å². The Balaban J connectivity index is 2.12. The van der Waals surface area contributed by atoms with Crippen molar-refractivity contribution < 1.29 is 14.7 Å². The quantitative estimate of drug-likeness (QED) is 0.928. The molecule has 2 heterocycles. The van der Waals surface area contributed by atoms with Gasteiger partial charge in [0.05, 0.1) is 11.9 Å². The van der Waals surface area contributed by atoms with E-state index in [1.54, 1.807) is 16.2 Å². The Kier molecular flexibility index (Phi) is 4.93. The first-order chi connectivity index (χ1) is 9.54. The number of hydrogen-bond acceptors (Lipinski definition) is 4. The third-order valence-electron chi connectivity index (χ3n) is 3.31. The molecule has 0 saturated carbocycles. The number of aliphatic carboxylic acids is 1. The number of carboxylic acid groups (broad SMARTS) is 1. The second kappa shape index (κ2) is 6.49. The fraction of sp³-hybridized carbons (Fsp3) is 0.538. The monoisotopic (exact) mass is 314 g/mol. The van der Waals surface area contributed by atoms with Gasteiger partial charge in [0.15, 0.2) is 0 Å². The van der Waals surface area contributed by atoms with Crippen LogP contribution < -0.4 is 0 Å². The fourth-order valence-electron chi connectivity index (χ4n) is 2.19. The summed E-state index contributed by atoms with van der Waals surface area (Å²) in [6, 6.07) is 3.02. The molecule has 0 spiro atoms. The molecular formula is C13H18N2O3S2. The third kappa shape index (κ3) is 3.09. The van der Waals surface area contributed by atoms with Gasteiger partial charge in [-0.1, -0.05) is 6.07 Å². The molecule has 0 aromatic carbocycles. The van der Waals surface area contributed by atoms with Crippen LogP contribution in [0.1, 0.15) is 18.7 Å². The number of amides is 2. The average Bonchev–Trinajstić information content (AvgIpc) is 3.04. The average molecular weight is 314 g/mol. The van der Waals surface area contributed by atoms with Crippen LogP contribution >= 0.6 is 23.1 Å². The Bertz CT molecular complexity index is 478. The molecule has 2 amide bonds. The summed E-state index contributed by atoms with van der Waals surface area (Å²) in [6.07, 6.45) is 0. The van der Waals surface area contributed by atoms with Crippen LogP contribution in [0.15, 0.2) is 17.5 Å². The summed E-state index contributed by atoms with van der Waals surface area (Å²) in [5.74, 6) is -0.471. The van der Waals surface area contributed by atoms with Crippen LogP contribution in [0.2, 0.25) is 0 Å². The maximum absolute atomic E-state index is 12.6. The smallest absolute Gasteiger partial charge is 0.327 e. The van der Waals surface area contributed by atoms with Gasteiger partial charge in [-0.2, -0.15) is 0 Å². The van der Waals surface area contributed by atoms with Crippen molar-refractivity contribution >= 4 is 35.1 Å². The molecule has 20 heavy (non-hydrogen) atoms. The summed E-state index contributed by atoms with van der Waals surface area (Å²) in [7, 11) is 0. The van der Waals surface area contributed by atoms with Gasteiger partial charge in [-0.05, 0) is 25.3 Å². The predicted octanol–water partition coefficient (Wildman–Crippen LogP) is 2.54. The van der Waals surface area contributed by atoms with E-state index >= 15 is 0 Å². The van der Waals surface area contributed by atoms with Crippen molar-refractivity contribution in [3.8, 4) is 0 Å². The number of thioether (sulfide) groups is 1. The molecule has 1 fully saturated rings. The highest BCUT2D eigenvalue weighted by atomic mass is 32.2. The molecular weight excluding hydrogens is 296 g/mol. The van der Waals surface area contributed by atoms with Crippen LogP contribution in [0.4, 0.5) is 4.79 Å². The van der Waals surface area contributed by atoms with Crippen molar-refractivity contribution in [1.82, 2.24) is 9.80 Å². The lowest BCUT2D eigenvalue weighted by molar-refractivity contribution is -0.141. The van der Waals surface area contributed by atoms with Gasteiger partial charge in [-0.15, -0.1) is 23.1 Å². The molecule has 1 N–H and O–H groups in total. The summed E-state index contributed by atoms with van der Waals surface area (Å²) < 4.78 is 0. The molecule has 2 unspecified atom stereocenters. The molecule has 1 aliphatic heterocycles. The predicted molar refractivity (Wildman–Crippen MR) is 81.0 cm³/mol. The van der Waals surface area contributed by atoms with Gasteiger partial charge in [-0.25, -0.2) is 9.59 Å². The Morgan fingerprint density at radius 2 is 2.30 bits per heavy atom. The summed E-state index contributed by atoms with van der Waals surface area (Å²) in [4.78, 5) is 28.2. The first kappa shape index (κ1) is 15.2. The van der Waals surface area contributed by atoms with E-state index in [-0.39, 0.29) is 11.4 Å². The lowest BCUT2D eigenvalue weighted by Gasteiger charge is -2.31. The van der Waals surface area contributed by atoms with Crippen molar-refractivity contribution in [3.05, 3.63) is 22.4 Å². The molecule has 2 atom stereocenters. The van der Waals surface area contributed by atoms with Crippen molar-refractivity contribution in [3.63, 3.8) is 0 Å². The highest BCUT2D eigenvalue weighted by Gasteiger charge is 2.41. The number of carbonyl (C=O) groups is 2. The molecule has 1 aromatic heterocycles. The zero-order chi connectivity index (χ0) is 14.7. The number of urea groups is 1.